The molecule has 0 saturated carbocycles. The molecule has 3 aromatic rings. The van der Waals surface area contributed by atoms with Crippen molar-refractivity contribution in [1.82, 2.24) is 0 Å². The normalized spacial score (nSPS) is 12.2. The Morgan fingerprint density at radius 2 is 1.53 bits per heavy atom. The summed E-state index contributed by atoms with van der Waals surface area (Å²) in [6.45, 7) is 6.31. The third-order valence-electron chi connectivity index (χ3n) is 5.82. The number of allylic oxidation sites excluding steroid dienone is 1. The zero-order chi connectivity index (χ0) is 21.1. The molecule has 0 N–H and O–H groups in total. The molecule has 0 spiro atoms. The SMILES string of the molecule is CCCc1ccc(C#Cc2ccc(-c3c(C)cc4c(c3F)C=C(CC)C4)cc2)cc1. The summed E-state index contributed by atoms with van der Waals surface area (Å²) in [5, 5.41) is 0. The fraction of sp³-hybridized carbons (Fsp3) is 0.241. The summed E-state index contributed by atoms with van der Waals surface area (Å²) in [5.74, 6) is 6.35. The minimum atomic E-state index is -0.0977. The van der Waals surface area contributed by atoms with Gasteiger partial charge >= 0.3 is 0 Å². The Hall–Kier alpha value is -3.11. The summed E-state index contributed by atoms with van der Waals surface area (Å²) < 4.78 is 15.3. The molecule has 1 aliphatic rings. The van der Waals surface area contributed by atoms with Crippen molar-refractivity contribution < 1.29 is 4.39 Å². The van der Waals surface area contributed by atoms with Gasteiger partial charge in [0, 0.05) is 22.3 Å². The first-order valence-corrected chi connectivity index (χ1v) is 10.8. The maximum atomic E-state index is 15.3. The highest BCUT2D eigenvalue weighted by Gasteiger charge is 2.20. The summed E-state index contributed by atoms with van der Waals surface area (Å²) in [6, 6.07) is 18.5. The van der Waals surface area contributed by atoms with Crippen molar-refractivity contribution in [2.75, 3.05) is 0 Å². The van der Waals surface area contributed by atoms with Crippen molar-refractivity contribution in [3.63, 3.8) is 0 Å². The summed E-state index contributed by atoms with van der Waals surface area (Å²) >= 11 is 0. The third kappa shape index (κ3) is 4.10. The highest BCUT2D eigenvalue weighted by Crippen LogP contribution is 2.36. The average molecular weight is 395 g/mol. The zero-order valence-electron chi connectivity index (χ0n) is 18.0. The van der Waals surface area contributed by atoms with E-state index in [4.69, 9.17) is 0 Å². The van der Waals surface area contributed by atoms with Gasteiger partial charge in [0.1, 0.15) is 5.82 Å². The minimum Gasteiger partial charge on any atom is -0.206 e. The molecule has 0 amide bonds. The lowest BCUT2D eigenvalue weighted by molar-refractivity contribution is 0.626. The lowest BCUT2D eigenvalue weighted by Crippen LogP contribution is -1.96. The molecular weight excluding hydrogens is 367 g/mol. The number of aryl methyl sites for hydroxylation is 2. The van der Waals surface area contributed by atoms with Crippen LogP contribution >= 0.6 is 0 Å². The number of halogens is 1. The maximum Gasteiger partial charge on any atom is 0.138 e. The van der Waals surface area contributed by atoms with Gasteiger partial charge < -0.3 is 0 Å². The molecule has 0 bridgehead atoms. The molecule has 0 fully saturated rings. The van der Waals surface area contributed by atoms with Gasteiger partial charge in [0.25, 0.3) is 0 Å². The topological polar surface area (TPSA) is 0 Å². The van der Waals surface area contributed by atoms with Crippen LogP contribution in [-0.2, 0) is 12.8 Å². The largest absolute Gasteiger partial charge is 0.206 e. The highest BCUT2D eigenvalue weighted by atomic mass is 19.1. The monoisotopic (exact) mass is 394 g/mol. The van der Waals surface area contributed by atoms with Crippen LogP contribution in [0, 0.1) is 24.6 Å². The van der Waals surface area contributed by atoms with Crippen molar-refractivity contribution in [2.24, 2.45) is 0 Å². The van der Waals surface area contributed by atoms with E-state index in [2.05, 4.69) is 56.0 Å². The molecule has 150 valence electrons. The van der Waals surface area contributed by atoms with E-state index in [1.807, 2.05) is 37.3 Å². The number of benzene rings is 3. The molecule has 1 heteroatoms. The maximum absolute atomic E-state index is 15.3. The Balaban J connectivity index is 1.59. The van der Waals surface area contributed by atoms with Gasteiger partial charge in [-0.2, -0.15) is 0 Å². The minimum absolute atomic E-state index is 0.0977. The van der Waals surface area contributed by atoms with Crippen LogP contribution in [0.3, 0.4) is 0 Å². The lowest BCUT2D eigenvalue weighted by atomic mass is 9.94. The second-order valence-corrected chi connectivity index (χ2v) is 8.06. The standard InChI is InChI=1S/C29H27F/c1-4-6-22-7-9-23(10-8-22)11-12-24-13-15-25(16-14-24)28-20(3)17-26-18-21(5-2)19-27(26)29(28)30/h7-10,13-17,19H,4-6,18H2,1-3H3. The Kier molecular flexibility index (Phi) is 5.86. The Morgan fingerprint density at radius 3 is 2.13 bits per heavy atom. The fourth-order valence-corrected chi connectivity index (χ4v) is 4.15. The van der Waals surface area contributed by atoms with Gasteiger partial charge in [-0.1, -0.05) is 74.1 Å². The zero-order valence-corrected chi connectivity index (χ0v) is 18.0. The molecule has 3 aromatic carbocycles. The van der Waals surface area contributed by atoms with Crippen LogP contribution in [0.5, 0.6) is 0 Å². The average Bonchev–Trinajstić information content (AvgIpc) is 3.18. The summed E-state index contributed by atoms with van der Waals surface area (Å²) in [7, 11) is 0. The molecule has 0 heterocycles. The van der Waals surface area contributed by atoms with E-state index in [1.165, 1.54) is 11.1 Å². The Morgan fingerprint density at radius 1 is 0.900 bits per heavy atom. The summed E-state index contributed by atoms with van der Waals surface area (Å²) in [5.41, 5.74) is 9.06. The fourth-order valence-electron chi connectivity index (χ4n) is 4.15. The third-order valence-corrected chi connectivity index (χ3v) is 5.82. The second-order valence-electron chi connectivity index (χ2n) is 8.06. The smallest absolute Gasteiger partial charge is 0.138 e. The molecule has 0 aromatic heterocycles. The van der Waals surface area contributed by atoms with E-state index >= 15 is 4.39 Å². The van der Waals surface area contributed by atoms with Crippen LogP contribution in [0.25, 0.3) is 17.2 Å². The van der Waals surface area contributed by atoms with Crippen LogP contribution in [0.15, 0.2) is 60.2 Å². The summed E-state index contributed by atoms with van der Waals surface area (Å²) in [4.78, 5) is 0. The quantitative estimate of drug-likeness (QED) is 0.402. The molecule has 0 atom stereocenters. The lowest BCUT2D eigenvalue weighted by Gasteiger charge is -2.12. The molecular formula is C29H27F. The predicted molar refractivity (Wildman–Crippen MR) is 125 cm³/mol. The van der Waals surface area contributed by atoms with Crippen molar-refractivity contribution in [3.8, 4) is 23.0 Å². The van der Waals surface area contributed by atoms with Gasteiger partial charge in [-0.15, -0.1) is 0 Å². The van der Waals surface area contributed by atoms with E-state index in [0.717, 1.165) is 59.1 Å². The molecule has 30 heavy (non-hydrogen) atoms. The summed E-state index contributed by atoms with van der Waals surface area (Å²) in [6.07, 6.45) is 6.12. The number of hydrogen-bond acceptors (Lipinski definition) is 0. The van der Waals surface area contributed by atoms with Crippen molar-refractivity contribution >= 4 is 6.08 Å². The molecule has 0 radical (unpaired) electrons. The number of hydrogen-bond donors (Lipinski definition) is 0. The molecule has 0 nitrogen and oxygen atoms in total. The second kappa shape index (κ2) is 8.72. The number of rotatable bonds is 4. The van der Waals surface area contributed by atoms with Gasteiger partial charge in [0.05, 0.1) is 0 Å². The van der Waals surface area contributed by atoms with Crippen LogP contribution in [0.2, 0.25) is 0 Å². The predicted octanol–water partition coefficient (Wildman–Crippen LogP) is 7.50. The van der Waals surface area contributed by atoms with E-state index in [1.54, 1.807) is 0 Å². The first-order chi connectivity index (χ1) is 14.6. The van der Waals surface area contributed by atoms with E-state index in [9.17, 15) is 0 Å². The van der Waals surface area contributed by atoms with E-state index < -0.39 is 0 Å². The van der Waals surface area contributed by atoms with Gasteiger partial charge in [-0.3, -0.25) is 0 Å². The van der Waals surface area contributed by atoms with Gasteiger partial charge in [0.15, 0.2) is 0 Å². The van der Waals surface area contributed by atoms with Crippen molar-refractivity contribution in [2.45, 2.75) is 46.5 Å². The highest BCUT2D eigenvalue weighted by molar-refractivity contribution is 5.76. The Labute approximate surface area is 179 Å². The molecule has 0 aliphatic heterocycles. The van der Waals surface area contributed by atoms with Crippen molar-refractivity contribution in [3.05, 3.63) is 99.4 Å². The van der Waals surface area contributed by atoms with Gasteiger partial charge in [-0.25, -0.2) is 4.39 Å². The Bertz CT molecular complexity index is 1150. The van der Waals surface area contributed by atoms with Crippen LogP contribution in [0.1, 0.15) is 60.1 Å². The first kappa shape index (κ1) is 20.2. The van der Waals surface area contributed by atoms with Crippen molar-refractivity contribution in [1.29, 1.82) is 0 Å². The molecule has 1 aliphatic carbocycles. The number of fused-ring (bicyclic) bond motifs is 1. The van der Waals surface area contributed by atoms with Crippen LogP contribution in [-0.4, -0.2) is 0 Å². The first-order valence-electron chi connectivity index (χ1n) is 10.8. The molecule has 4 rings (SSSR count). The molecule has 0 saturated heterocycles. The molecule has 0 unspecified atom stereocenters. The van der Waals surface area contributed by atoms with Gasteiger partial charge in [-0.05, 0) is 72.7 Å². The van der Waals surface area contributed by atoms with E-state index in [0.29, 0.717) is 5.56 Å². The van der Waals surface area contributed by atoms with E-state index in [-0.39, 0.29) is 5.82 Å². The van der Waals surface area contributed by atoms with Crippen LogP contribution in [0.4, 0.5) is 4.39 Å². The van der Waals surface area contributed by atoms with Gasteiger partial charge in [0.2, 0.25) is 0 Å². The van der Waals surface area contributed by atoms with Crippen LogP contribution < -0.4 is 0 Å².